The van der Waals surface area contributed by atoms with Gasteiger partial charge in [0.2, 0.25) is 0 Å². The molecule has 0 aliphatic heterocycles. The van der Waals surface area contributed by atoms with Crippen molar-refractivity contribution < 1.29 is 0 Å². The molecule has 0 spiro atoms. The summed E-state index contributed by atoms with van der Waals surface area (Å²) in [6.45, 7) is 0. The molecule has 138 valence electrons. The molecule has 2 bridgehead atoms. The molecular weight excluding hydrogens is 356 g/mol. The van der Waals surface area contributed by atoms with Crippen LogP contribution in [0.1, 0.15) is 52.3 Å². The molecule has 0 N–H and O–H groups in total. The largest absolute Gasteiger partial charge is 0.255 e. The first kappa shape index (κ1) is 15.5. The summed E-state index contributed by atoms with van der Waals surface area (Å²) >= 11 is 0. The maximum atomic E-state index is 4.70. The highest BCUT2D eigenvalue weighted by Gasteiger charge is 2.59. The topological polar surface area (TPSA) is 51.6 Å². The Balaban J connectivity index is 1.49. The minimum atomic E-state index is 0.491. The van der Waals surface area contributed by atoms with E-state index in [-0.39, 0.29) is 0 Å². The summed E-state index contributed by atoms with van der Waals surface area (Å²) < 4.78 is 0. The third kappa shape index (κ3) is 1.93. The summed E-state index contributed by atoms with van der Waals surface area (Å²) in [7, 11) is 0. The Labute approximate surface area is 168 Å². The van der Waals surface area contributed by atoms with Crippen LogP contribution in [0.25, 0.3) is 22.8 Å². The van der Waals surface area contributed by atoms with Gasteiger partial charge in [-0.3, -0.25) is 9.97 Å². The Morgan fingerprint density at radius 1 is 0.586 bits per heavy atom. The summed E-state index contributed by atoms with van der Waals surface area (Å²) in [4.78, 5) is 9.20. The second kappa shape index (κ2) is 5.57. The van der Waals surface area contributed by atoms with Gasteiger partial charge in [0.15, 0.2) is 0 Å². The van der Waals surface area contributed by atoms with Crippen molar-refractivity contribution >= 4 is 0 Å². The van der Waals surface area contributed by atoms with E-state index in [1.807, 2.05) is 48.8 Å². The minimum absolute atomic E-state index is 0.491. The van der Waals surface area contributed by atoms with E-state index in [9.17, 15) is 0 Å². The number of nitrogens with zero attached hydrogens (tertiary/aromatic N) is 4. The number of hydrogen-bond acceptors (Lipinski definition) is 4. The Hall–Kier alpha value is -3.40. The lowest BCUT2D eigenvalue weighted by Gasteiger charge is -2.44. The molecule has 4 heteroatoms. The van der Waals surface area contributed by atoms with Crippen LogP contribution in [-0.2, 0) is 0 Å². The lowest BCUT2D eigenvalue weighted by Crippen LogP contribution is -2.30. The fourth-order valence-corrected chi connectivity index (χ4v) is 6.10. The molecule has 1 aromatic carbocycles. The zero-order valence-corrected chi connectivity index (χ0v) is 15.7. The highest BCUT2D eigenvalue weighted by Crippen LogP contribution is 2.73. The van der Waals surface area contributed by atoms with Crippen molar-refractivity contribution in [3.63, 3.8) is 0 Å². The SMILES string of the molecule is c1ccc(-c2nnc(-c3ccccn3)c3c2C2CC3C3c4ccccc4C23)nc1. The molecule has 3 aliphatic carbocycles. The maximum absolute atomic E-state index is 4.70. The fraction of sp³-hybridized carbons (Fsp3) is 0.200. The Morgan fingerprint density at radius 3 is 1.52 bits per heavy atom. The van der Waals surface area contributed by atoms with Gasteiger partial charge in [-0.05, 0) is 76.6 Å². The normalized spacial score (nSPS) is 25.1. The van der Waals surface area contributed by atoms with Gasteiger partial charge in [0, 0.05) is 12.4 Å². The van der Waals surface area contributed by atoms with Gasteiger partial charge in [-0.1, -0.05) is 36.4 Å². The summed E-state index contributed by atoms with van der Waals surface area (Å²) in [5, 5.41) is 9.41. The van der Waals surface area contributed by atoms with Crippen LogP contribution in [0.5, 0.6) is 0 Å². The molecule has 7 rings (SSSR count). The van der Waals surface area contributed by atoms with E-state index in [2.05, 4.69) is 34.2 Å². The second-order valence-corrected chi connectivity index (χ2v) is 8.28. The van der Waals surface area contributed by atoms with Crippen molar-refractivity contribution in [1.29, 1.82) is 0 Å². The van der Waals surface area contributed by atoms with E-state index in [4.69, 9.17) is 10.2 Å². The molecule has 0 saturated heterocycles. The van der Waals surface area contributed by atoms with Gasteiger partial charge < -0.3 is 0 Å². The highest BCUT2D eigenvalue weighted by atomic mass is 15.1. The Kier molecular flexibility index (Phi) is 2.98. The zero-order valence-electron chi connectivity index (χ0n) is 15.7. The first-order valence-corrected chi connectivity index (χ1v) is 10.2. The van der Waals surface area contributed by atoms with Crippen molar-refractivity contribution in [3.05, 3.63) is 95.3 Å². The molecule has 4 nitrogen and oxygen atoms in total. The van der Waals surface area contributed by atoms with Crippen LogP contribution in [0, 0.1) is 0 Å². The predicted molar refractivity (Wildman–Crippen MR) is 111 cm³/mol. The van der Waals surface area contributed by atoms with Crippen LogP contribution >= 0.6 is 0 Å². The number of benzene rings is 1. The molecule has 3 heterocycles. The molecule has 29 heavy (non-hydrogen) atoms. The predicted octanol–water partition coefficient (Wildman–Crippen LogP) is 5.07. The quantitative estimate of drug-likeness (QED) is 0.492. The van der Waals surface area contributed by atoms with Gasteiger partial charge in [0.25, 0.3) is 0 Å². The van der Waals surface area contributed by atoms with Crippen LogP contribution in [0.3, 0.4) is 0 Å². The smallest absolute Gasteiger partial charge is 0.115 e. The highest BCUT2D eigenvalue weighted by molar-refractivity contribution is 5.75. The number of aromatic nitrogens is 4. The summed E-state index contributed by atoms with van der Waals surface area (Å²) in [6, 6.07) is 21.0. The monoisotopic (exact) mass is 374 g/mol. The molecule has 1 saturated carbocycles. The van der Waals surface area contributed by atoms with Crippen LogP contribution in [0.4, 0.5) is 0 Å². The maximum Gasteiger partial charge on any atom is 0.115 e. The van der Waals surface area contributed by atoms with Gasteiger partial charge in [-0.2, -0.15) is 0 Å². The number of fused-ring (bicyclic) bond motifs is 11. The molecule has 0 radical (unpaired) electrons. The van der Waals surface area contributed by atoms with Crippen molar-refractivity contribution in [2.75, 3.05) is 0 Å². The van der Waals surface area contributed by atoms with E-state index in [0.717, 1.165) is 22.8 Å². The summed E-state index contributed by atoms with van der Waals surface area (Å²) in [6.07, 6.45) is 4.85. The van der Waals surface area contributed by atoms with E-state index in [1.165, 1.54) is 28.7 Å². The Bertz CT molecular complexity index is 1160. The average Bonchev–Trinajstić information content (AvgIpc) is 3.31. The Morgan fingerprint density at radius 2 is 1.07 bits per heavy atom. The number of hydrogen-bond donors (Lipinski definition) is 0. The van der Waals surface area contributed by atoms with E-state index < -0.39 is 0 Å². The molecule has 1 fully saturated rings. The van der Waals surface area contributed by atoms with Crippen LogP contribution in [-0.4, -0.2) is 20.2 Å². The molecular formula is C25H18N4. The molecule has 3 aliphatic rings. The lowest BCUT2D eigenvalue weighted by atomic mass is 9.60. The van der Waals surface area contributed by atoms with Gasteiger partial charge in [-0.15, -0.1) is 10.2 Å². The van der Waals surface area contributed by atoms with Crippen molar-refractivity contribution in [2.45, 2.75) is 30.1 Å². The molecule has 0 amide bonds. The molecule has 4 aromatic rings. The van der Waals surface area contributed by atoms with Crippen molar-refractivity contribution in [2.24, 2.45) is 0 Å². The van der Waals surface area contributed by atoms with Gasteiger partial charge >= 0.3 is 0 Å². The van der Waals surface area contributed by atoms with E-state index in [0.29, 0.717) is 23.7 Å². The van der Waals surface area contributed by atoms with Crippen LogP contribution < -0.4 is 0 Å². The molecule has 4 unspecified atom stereocenters. The van der Waals surface area contributed by atoms with Crippen LogP contribution in [0.15, 0.2) is 73.1 Å². The zero-order chi connectivity index (χ0) is 18.9. The third-order valence-corrected chi connectivity index (χ3v) is 7.08. The first-order chi connectivity index (χ1) is 14.4. The molecule has 4 atom stereocenters. The third-order valence-electron chi connectivity index (χ3n) is 7.08. The fourth-order valence-electron chi connectivity index (χ4n) is 6.10. The number of rotatable bonds is 2. The van der Waals surface area contributed by atoms with E-state index >= 15 is 0 Å². The van der Waals surface area contributed by atoms with Gasteiger partial charge in [0.1, 0.15) is 11.4 Å². The van der Waals surface area contributed by atoms with Crippen molar-refractivity contribution in [3.8, 4) is 22.8 Å². The van der Waals surface area contributed by atoms with E-state index in [1.54, 1.807) is 0 Å². The average molecular weight is 374 g/mol. The molecule has 3 aromatic heterocycles. The number of pyridine rings is 2. The summed E-state index contributed by atoms with van der Waals surface area (Å²) in [5.41, 5.74) is 9.52. The van der Waals surface area contributed by atoms with Gasteiger partial charge in [-0.25, -0.2) is 0 Å². The standard InChI is InChI=1S/C25H18N4/c1-2-8-15-14(7-1)20-16-13-17(21(15)20)23-22(16)24(18-9-3-5-11-26-18)28-29-25(23)19-10-4-6-12-27-19/h1-12,16-17,20-21H,13H2. The summed E-state index contributed by atoms with van der Waals surface area (Å²) in [5.74, 6) is 2.19. The van der Waals surface area contributed by atoms with Gasteiger partial charge in [0.05, 0.1) is 11.4 Å². The first-order valence-electron chi connectivity index (χ1n) is 10.2. The van der Waals surface area contributed by atoms with Crippen molar-refractivity contribution in [1.82, 2.24) is 20.2 Å². The lowest BCUT2D eigenvalue weighted by molar-refractivity contribution is 0.458. The minimum Gasteiger partial charge on any atom is -0.255 e. The second-order valence-electron chi connectivity index (χ2n) is 8.28. The van der Waals surface area contributed by atoms with Crippen LogP contribution in [0.2, 0.25) is 0 Å².